The second-order valence-electron chi connectivity index (χ2n) is 5.38. The fourth-order valence-electron chi connectivity index (χ4n) is 2.55. The summed E-state index contributed by atoms with van der Waals surface area (Å²) in [5.74, 6) is 0.470. The number of carboxylic acid groups (broad SMARTS) is 1. The van der Waals surface area contributed by atoms with Crippen molar-refractivity contribution >= 4 is 5.97 Å². The van der Waals surface area contributed by atoms with Crippen molar-refractivity contribution in [3.8, 4) is 33.9 Å². The van der Waals surface area contributed by atoms with E-state index in [1.807, 2.05) is 48.5 Å². The van der Waals surface area contributed by atoms with Crippen LogP contribution in [0.5, 0.6) is 11.5 Å². The molecule has 5 heteroatoms. The Balaban J connectivity index is 2.14. The second kappa shape index (κ2) is 7.05. The largest absolute Gasteiger partial charge is 0.497 e. The zero-order chi connectivity index (χ0) is 17.8. The summed E-state index contributed by atoms with van der Waals surface area (Å²) in [6.45, 7) is 0. The quantitative estimate of drug-likeness (QED) is 0.759. The van der Waals surface area contributed by atoms with Gasteiger partial charge < -0.3 is 14.6 Å². The van der Waals surface area contributed by atoms with E-state index in [4.69, 9.17) is 9.47 Å². The van der Waals surface area contributed by atoms with Crippen molar-refractivity contribution in [3.05, 3.63) is 66.4 Å². The third kappa shape index (κ3) is 3.45. The number of carboxylic acids is 1. The van der Waals surface area contributed by atoms with Crippen molar-refractivity contribution in [2.75, 3.05) is 14.2 Å². The van der Waals surface area contributed by atoms with E-state index in [2.05, 4.69) is 4.98 Å². The van der Waals surface area contributed by atoms with Crippen LogP contribution >= 0.6 is 0 Å². The Kier molecular flexibility index (Phi) is 4.66. The number of ether oxygens (including phenoxy) is 2. The van der Waals surface area contributed by atoms with Crippen LogP contribution in [0.2, 0.25) is 0 Å². The lowest BCUT2D eigenvalue weighted by atomic mass is 9.97. The first-order valence-corrected chi connectivity index (χ1v) is 7.64. The van der Waals surface area contributed by atoms with E-state index in [-0.39, 0.29) is 5.56 Å². The molecule has 0 fully saturated rings. The standard InChI is InChI=1S/C20H17NO4/c1-24-16-7-3-13(4-8-16)18-11-15(20(22)23)12-21-19(18)14-5-9-17(25-2)10-6-14/h3-12H,1-2H3,(H,22,23). The van der Waals surface area contributed by atoms with E-state index in [1.165, 1.54) is 6.20 Å². The van der Waals surface area contributed by atoms with Crippen LogP contribution in [0, 0.1) is 0 Å². The average molecular weight is 335 g/mol. The molecule has 1 aromatic heterocycles. The maximum atomic E-state index is 11.3. The van der Waals surface area contributed by atoms with Gasteiger partial charge in [0, 0.05) is 17.3 Å². The van der Waals surface area contributed by atoms with Crippen molar-refractivity contribution in [3.63, 3.8) is 0 Å². The van der Waals surface area contributed by atoms with E-state index >= 15 is 0 Å². The maximum absolute atomic E-state index is 11.3. The van der Waals surface area contributed by atoms with Gasteiger partial charge >= 0.3 is 5.97 Å². The number of rotatable bonds is 5. The molecule has 1 heterocycles. The second-order valence-corrected chi connectivity index (χ2v) is 5.38. The van der Waals surface area contributed by atoms with Gasteiger partial charge in [0.15, 0.2) is 0 Å². The zero-order valence-electron chi connectivity index (χ0n) is 13.9. The molecule has 3 aromatic rings. The van der Waals surface area contributed by atoms with Crippen LogP contribution < -0.4 is 9.47 Å². The van der Waals surface area contributed by atoms with Crippen LogP contribution in [0.1, 0.15) is 10.4 Å². The van der Waals surface area contributed by atoms with Crippen LogP contribution in [0.3, 0.4) is 0 Å². The number of aromatic carboxylic acids is 1. The summed E-state index contributed by atoms with van der Waals surface area (Å²) in [4.78, 5) is 15.7. The highest BCUT2D eigenvalue weighted by molar-refractivity contribution is 5.91. The Bertz CT molecular complexity index is 887. The van der Waals surface area contributed by atoms with E-state index in [0.29, 0.717) is 5.69 Å². The highest BCUT2D eigenvalue weighted by Crippen LogP contribution is 2.33. The molecule has 0 radical (unpaired) electrons. The molecule has 0 unspecified atom stereocenters. The molecule has 0 aliphatic carbocycles. The topological polar surface area (TPSA) is 68.7 Å². The number of benzene rings is 2. The number of pyridine rings is 1. The van der Waals surface area contributed by atoms with Crippen LogP contribution in [0.4, 0.5) is 0 Å². The first kappa shape index (κ1) is 16.5. The third-order valence-electron chi connectivity index (χ3n) is 3.90. The summed E-state index contributed by atoms with van der Waals surface area (Å²) >= 11 is 0. The van der Waals surface area contributed by atoms with Crippen LogP contribution in [-0.2, 0) is 0 Å². The highest BCUT2D eigenvalue weighted by Gasteiger charge is 2.13. The number of aromatic nitrogens is 1. The summed E-state index contributed by atoms with van der Waals surface area (Å²) in [5.41, 5.74) is 3.33. The normalized spacial score (nSPS) is 10.3. The molecule has 0 bridgehead atoms. The highest BCUT2D eigenvalue weighted by atomic mass is 16.5. The molecular formula is C20H17NO4. The monoisotopic (exact) mass is 335 g/mol. The van der Waals surface area contributed by atoms with Crippen molar-refractivity contribution in [2.24, 2.45) is 0 Å². The van der Waals surface area contributed by atoms with Gasteiger partial charge in [-0.05, 0) is 48.0 Å². The molecule has 25 heavy (non-hydrogen) atoms. The number of nitrogens with zero attached hydrogens (tertiary/aromatic N) is 1. The summed E-state index contributed by atoms with van der Waals surface area (Å²) < 4.78 is 10.4. The molecule has 126 valence electrons. The lowest BCUT2D eigenvalue weighted by Gasteiger charge is -2.11. The van der Waals surface area contributed by atoms with Gasteiger partial charge in [0.1, 0.15) is 11.5 Å². The molecule has 0 saturated heterocycles. The number of hydrogen-bond donors (Lipinski definition) is 1. The van der Waals surface area contributed by atoms with Gasteiger partial charge in [-0.15, -0.1) is 0 Å². The van der Waals surface area contributed by atoms with E-state index in [9.17, 15) is 9.90 Å². The van der Waals surface area contributed by atoms with Gasteiger partial charge in [-0.2, -0.15) is 0 Å². The lowest BCUT2D eigenvalue weighted by Crippen LogP contribution is -2.00. The van der Waals surface area contributed by atoms with Gasteiger partial charge in [0.05, 0.1) is 25.5 Å². The summed E-state index contributed by atoms with van der Waals surface area (Å²) in [6, 6.07) is 16.6. The first-order chi connectivity index (χ1) is 12.1. The Hall–Kier alpha value is -3.34. The zero-order valence-corrected chi connectivity index (χ0v) is 13.9. The Morgan fingerprint density at radius 2 is 1.40 bits per heavy atom. The maximum Gasteiger partial charge on any atom is 0.337 e. The lowest BCUT2D eigenvalue weighted by molar-refractivity contribution is 0.0696. The fraction of sp³-hybridized carbons (Fsp3) is 0.100. The summed E-state index contributed by atoms with van der Waals surface area (Å²) in [5, 5.41) is 9.29. The fourth-order valence-corrected chi connectivity index (χ4v) is 2.55. The molecule has 5 nitrogen and oxygen atoms in total. The average Bonchev–Trinajstić information content (AvgIpc) is 2.67. The Labute approximate surface area is 145 Å². The van der Waals surface area contributed by atoms with Gasteiger partial charge in [-0.3, -0.25) is 4.98 Å². The smallest absolute Gasteiger partial charge is 0.337 e. The molecule has 1 N–H and O–H groups in total. The van der Waals surface area contributed by atoms with Gasteiger partial charge in [-0.25, -0.2) is 4.79 Å². The van der Waals surface area contributed by atoms with Crippen LogP contribution in [0.15, 0.2) is 60.8 Å². The predicted molar refractivity (Wildman–Crippen MR) is 95.2 cm³/mol. The van der Waals surface area contributed by atoms with Crippen molar-refractivity contribution < 1.29 is 19.4 Å². The molecule has 2 aromatic carbocycles. The minimum atomic E-state index is -1.01. The van der Waals surface area contributed by atoms with Crippen molar-refractivity contribution in [1.82, 2.24) is 4.98 Å². The van der Waals surface area contributed by atoms with Gasteiger partial charge in [0.2, 0.25) is 0 Å². The Morgan fingerprint density at radius 1 is 0.880 bits per heavy atom. The van der Waals surface area contributed by atoms with Crippen molar-refractivity contribution in [2.45, 2.75) is 0 Å². The first-order valence-electron chi connectivity index (χ1n) is 7.64. The SMILES string of the molecule is COc1ccc(-c2cc(C(=O)O)cnc2-c2ccc(OC)cc2)cc1. The van der Waals surface area contributed by atoms with E-state index in [1.54, 1.807) is 20.3 Å². The van der Waals surface area contributed by atoms with Crippen LogP contribution in [0.25, 0.3) is 22.4 Å². The summed E-state index contributed by atoms with van der Waals surface area (Å²) in [6.07, 6.45) is 1.37. The van der Waals surface area contributed by atoms with Crippen molar-refractivity contribution in [1.29, 1.82) is 0 Å². The minimum absolute atomic E-state index is 0.142. The molecule has 0 aliphatic heterocycles. The molecule has 0 aliphatic rings. The molecule has 0 amide bonds. The molecule has 0 atom stereocenters. The molecular weight excluding hydrogens is 318 g/mol. The Morgan fingerprint density at radius 3 is 1.88 bits per heavy atom. The molecule has 0 saturated carbocycles. The van der Waals surface area contributed by atoms with E-state index < -0.39 is 5.97 Å². The number of hydrogen-bond acceptors (Lipinski definition) is 4. The predicted octanol–water partition coefficient (Wildman–Crippen LogP) is 4.13. The third-order valence-corrected chi connectivity index (χ3v) is 3.90. The number of carbonyl (C=O) groups is 1. The number of methoxy groups -OCH3 is 2. The minimum Gasteiger partial charge on any atom is -0.497 e. The molecule has 0 spiro atoms. The molecule has 3 rings (SSSR count). The van der Waals surface area contributed by atoms with Gasteiger partial charge in [0.25, 0.3) is 0 Å². The van der Waals surface area contributed by atoms with Gasteiger partial charge in [-0.1, -0.05) is 12.1 Å². The summed E-state index contributed by atoms with van der Waals surface area (Å²) in [7, 11) is 3.21. The van der Waals surface area contributed by atoms with E-state index in [0.717, 1.165) is 28.2 Å². The van der Waals surface area contributed by atoms with Crippen LogP contribution in [-0.4, -0.2) is 30.3 Å².